The summed E-state index contributed by atoms with van der Waals surface area (Å²) in [4.78, 5) is 24.6. The van der Waals surface area contributed by atoms with Gasteiger partial charge in [-0.05, 0) is 53.8 Å². The number of para-hydroxylation sites is 1. The Morgan fingerprint density at radius 3 is 2.67 bits per heavy atom. The van der Waals surface area contributed by atoms with Crippen molar-refractivity contribution >= 4 is 35.1 Å². The van der Waals surface area contributed by atoms with Gasteiger partial charge in [-0.25, -0.2) is 5.43 Å². The van der Waals surface area contributed by atoms with Crippen LogP contribution >= 0.6 is 11.3 Å². The van der Waals surface area contributed by atoms with Gasteiger partial charge in [0.25, 0.3) is 11.8 Å². The maximum atomic E-state index is 12.2. The number of aryl methyl sites for hydroxylation is 1. The van der Waals surface area contributed by atoms with Gasteiger partial charge in [0, 0.05) is 5.69 Å². The van der Waals surface area contributed by atoms with Crippen molar-refractivity contribution in [1.82, 2.24) is 5.43 Å². The summed E-state index contributed by atoms with van der Waals surface area (Å²) in [6.45, 7) is 1.76. The topological polar surface area (TPSA) is 89.0 Å². The first-order valence-corrected chi connectivity index (χ1v) is 9.98. The maximum Gasteiger partial charge on any atom is 0.281 e. The Kier molecular flexibility index (Phi) is 7.18. The highest BCUT2D eigenvalue weighted by molar-refractivity contribution is 7.12. The molecule has 154 valence electrons. The van der Waals surface area contributed by atoms with Crippen molar-refractivity contribution in [1.29, 1.82) is 0 Å². The van der Waals surface area contributed by atoms with Crippen LogP contribution in [0.5, 0.6) is 11.5 Å². The molecule has 0 spiro atoms. The first-order valence-electron chi connectivity index (χ1n) is 9.10. The lowest BCUT2D eigenvalue weighted by atomic mass is 10.2. The average molecular weight is 423 g/mol. The summed E-state index contributed by atoms with van der Waals surface area (Å²) in [5.41, 5.74) is 4.89. The van der Waals surface area contributed by atoms with Crippen LogP contribution in [0.1, 0.15) is 20.8 Å². The van der Waals surface area contributed by atoms with Gasteiger partial charge in [-0.3, -0.25) is 9.59 Å². The normalized spacial score (nSPS) is 10.6. The SMILES string of the molecule is COc1cc(/C=N\NC(=O)c2cccs2)ccc1OCC(=O)Nc1ccccc1C. The van der Waals surface area contributed by atoms with Crippen LogP contribution in [0.4, 0.5) is 5.69 Å². The highest BCUT2D eigenvalue weighted by Gasteiger charge is 2.10. The minimum absolute atomic E-state index is 0.158. The first kappa shape index (κ1) is 21.1. The highest BCUT2D eigenvalue weighted by atomic mass is 32.1. The molecular weight excluding hydrogens is 402 g/mol. The lowest BCUT2D eigenvalue weighted by molar-refractivity contribution is -0.118. The fourth-order valence-corrected chi connectivity index (χ4v) is 3.17. The molecule has 3 rings (SSSR count). The molecule has 0 radical (unpaired) electrons. The number of nitrogens with one attached hydrogen (secondary N) is 2. The predicted octanol–water partition coefficient (Wildman–Crippen LogP) is 3.85. The van der Waals surface area contributed by atoms with E-state index in [1.165, 1.54) is 24.7 Å². The van der Waals surface area contributed by atoms with Crippen molar-refractivity contribution in [3.8, 4) is 11.5 Å². The van der Waals surface area contributed by atoms with Gasteiger partial charge in [-0.2, -0.15) is 5.10 Å². The zero-order valence-electron chi connectivity index (χ0n) is 16.5. The van der Waals surface area contributed by atoms with E-state index in [2.05, 4.69) is 15.8 Å². The van der Waals surface area contributed by atoms with Gasteiger partial charge < -0.3 is 14.8 Å². The summed E-state index contributed by atoms with van der Waals surface area (Å²) in [6.07, 6.45) is 1.50. The second-order valence-electron chi connectivity index (χ2n) is 6.24. The molecule has 1 heterocycles. The minimum atomic E-state index is -0.271. The molecule has 0 fully saturated rings. The summed E-state index contributed by atoms with van der Waals surface area (Å²) < 4.78 is 10.9. The molecule has 0 unspecified atom stereocenters. The first-order chi connectivity index (χ1) is 14.6. The van der Waals surface area contributed by atoms with Crippen molar-refractivity contribution in [2.24, 2.45) is 5.10 Å². The largest absolute Gasteiger partial charge is 0.493 e. The standard InChI is InChI=1S/C22H21N3O4S/c1-15-6-3-4-7-17(15)24-21(26)14-29-18-10-9-16(12-19(18)28-2)13-23-25-22(27)20-8-5-11-30-20/h3-13H,14H2,1-2H3,(H,24,26)(H,25,27)/b23-13-. The molecule has 7 nitrogen and oxygen atoms in total. The highest BCUT2D eigenvalue weighted by Crippen LogP contribution is 2.27. The van der Waals surface area contributed by atoms with E-state index < -0.39 is 0 Å². The van der Waals surface area contributed by atoms with E-state index in [-0.39, 0.29) is 18.4 Å². The predicted molar refractivity (Wildman–Crippen MR) is 118 cm³/mol. The van der Waals surface area contributed by atoms with Gasteiger partial charge in [0.1, 0.15) is 0 Å². The molecule has 0 aliphatic carbocycles. The van der Waals surface area contributed by atoms with E-state index in [4.69, 9.17) is 9.47 Å². The van der Waals surface area contributed by atoms with Crippen molar-refractivity contribution in [3.63, 3.8) is 0 Å². The molecule has 3 aromatic rings. The Morgan fingerprint density at radius 2 is 1.93 bits per heavy atom. The quantitative estimate of drug-likeness (QED) is 0.425. The summed E-state index contributed by atoms with van der Waals surface area (Å²) in [5.74, 6) is 0.338. The smallest absolute Gasteiger partial charge is 0.281 e. The van der Waals surface area contributed by atoms with E-state index in [1.807, 2.05) is 36.6 Å². The van der Waals surface area contributed by atoms with Crippen LogP contribution in [0, 0.1) is 6.92 Å². The molecule has 0 atom stereocenters. The third-order valence-corrected chi connectivity index (χ3v) is 4.96. The number of anilines is 1. The Hall–Kier alpha value is -3.65. The number of hydrogen-bond acceptors (Lipinski definition) is 6. The summed E-state index contributed by atoms with van der Waals surface area (Å²) >= 11 is 1.34. The zero-order chi connectivity index (χ0) is 21.3. The molecule has 2 aromatic carbocycles. The van der Waals surface area contributed by atoms with Crippen LogP contribution in [0.3, 0.4) is 0 Å². The molecule has 2 amide bonds. The lowest BCUT2D eigenvalue weighted by Gasteiger charge is -2.12. The number of carbonyl (C=O) groups excluding carboxylic acids is 2. The number of hydrogen-bond donors (Lipinski definition) is 2. The fraction of sp³-hybridized carbons (Fsp3) is 0.136. The van der Waals surface area contributed by atoms with Gasteiger partial charge in [0.05, 0.1) is 18.2 Å². The number of hydrazone groups is 1. The van der Waals surface area contributed by atoms with Crippen LogP contribution in [0.25, 0.3) is 0 Å². The van der Waals surface area contributed by atoms with E-state index in [9.17, 15) is 9.59 Å². The Labute approximate surface area is 178 Å². The third-order valence-electron chi connectivity index (χ3n) is 4.09. The number of thiophene rings is 1. The Morgan fingerprint density at radius 1 is 1.10 bits per heavy atom. The Balaban J connectivity index is 1.57. The third kappa shape index (κ3) is 5.68. The Bertz CT molecular complexity index is 1050. The van der Waals surface area contributed by atoms with Gasteiger partial charge in [0.15, 0.2) is 18.1 Å². The van der Waals surface area contributed by atoms with Crippen LogP contribution in [0.15, 0.2) is 65.1 Å². The van der Waals surface area contributed by atoms with E-state index in [0.717, 1.165) is 11.3 Å². The van der Waals surface area contributed by atoms with E-state index >= 15 is 0 Å². The van der Waals surface area contributed by atoms with Crippen molar-refractivity contribution in [3.05, 3.63) is 76.0 Å². The van der Waals surface area contributed by atoms with E-state index in [1.54, 1.807) is 30.3 Å². The number of carbonyl (C=O) groups is 2. The molecule has 0 saturated carbocycles. The van der Waals surface area contributed by atoms with Crippen molar-refractivity contribution < 1.29 is 19.1 Å². The molecule has 1 aromatic heterocycles. The fourth-order valence-electron chi connectivity index (χ4n) is 2.55. The average Bonchev–Trinajstić information content (AvgIpc) is 3.29. The summed E-state index contributed by atoms with van der Waals surface area (Å²) in [5, 5.41) is 8.59. The van der Waals surface area contributed by atoms with Crippen LogP contribution < -0.4 is 20.2 Å². The minimum Gasteiger partial charge on any atom is -0.493 e. The zero-order valence-corrected chi connectivity index (χ0v) is 17.4. The molecule has 2 N–H and O–H groups in total. The van der Waals surface area contributed by atoms with Crippen LogP contribution in [-0.4, -0.2) is 31.7 Å². The van der Waals surface area contributed by atoms with Crippen LogP contribution in [0.2, 0.25) is 0 Å². The van der Waals surface area contributed by atoms with Crippen LogP contribution in [-0.2, 0) is 4.79 Å². The molecule has 8 heteroatoms. The van der Waals surface area contributed by atoms with Gasteiger partial charge >= 0.3 is 0 Å². The molecule has 0 bridgehead atoms. The molecular formula is C22H21N3O4S. The number of ether oxygens (including phenoxy) is 2. The second-order valence-corrected chi connectivity index (χ2v) is 7.19. The number of rotatable bonds is 8. The van der Waals surface area contributed by atoms with Crippen molar-refractivity contribution in [2.75, 3.05) is 19.0 Å². The molecule has 0 aliphatic rings. The second kappa shape index (κ2) is 10.2. The maximum absolute atomic E-state index is 12.2. The number of benzene rings is 2. The molecule has 30 heavy (non-hydrogen) atoms. The van der Waals surface area contributed by atoms with Gasteiger partial charge in [-0.1, -0.05) is 24.3 Å². The number of methoxy groups -OCH3 is 1. The van der Waals surface area contributed by atoms with Gasteiger partial charge in [0.2, 0.25) is 0 Å². The molecule has 0 saturated heterocycles. The number of nitrogens with zero attached hydrogens (tertiary/aromatic N) is 1. The number of amides is 2. The summed E-state index contributed by atoms with van der Waals surface area (Å²) in [7, 11) is 1.51. The molecule has 0 aliphatic heterocycles. The van der Waals surface area contributed by atoms with E-state index in [0.29, 0.717) is 21.9 Å². The lowest BCUT2D eigenvalue weighted by Crippen LogP contribution is -2.20. The van der Waals surface area contributed by atoms with Gasteiger partial charge in [-0.15, -0.1) is 11.3 Å². The summed E-state index contributed by atoms with van der Waals surface area (Å²) in [6, 6.07) is 16.2. The monoisotopic (exact) mass is 423 g/mol. The van der Waals surface area contributed by atoms with Crippen molar-refractivity contribution in [2.45, 2.75) is 6.92 Å².